The molecule has 64 valence electrons. The largest absolute Gasteiger partial charge is 0.342 e. The van der Waals surface area contributed by atoms with E-state index < -0.39 is 0 Å². The quantitative estimate of drug-likeness (QED) is 0.629. The van der Waals surface area contributed by atoms with Crippen LogP contribution in [0.2, 0.25) is 0 Å². The molecule has 0 aliphatic heterocycles. The Balaban J connectivity index is 2.78. The Morgan fingerprint density at radius 1 is 1.50 bits per heavy atom. The van der Waals surface area contributed by atoms with Crippen molar-refractivity contribution in [2.45, 2.75) is 13.0 Å². The Morgan fingerprint density at radius 2 is 2.08 bits per heavy atom. The molecule has 3 heteroatoms. The van der Waals surface area contributed by atoms with Crippen LogP contribution in [0.1, 0.15) is 18.5 Å². The molecule has 0 aliphatic rings. The summed E-state index contributed by atoms with van der Waals surface area (Å²) < 4.78 is 0. The standard InChI is InChI=1S/C9H12N2O/c1-8(11(2)7-12)9-3-5-10-6-4-9/h3-8H,1-2H3. The summed E-state index contributed by atoms with van der Waals surface area (Å²) >= 11 is 0. The molecule has 1 unspecified atom stereocenters. The van der Waals surface area contributed by atoms with E-state index >= 15 is 0 Å². The molecule has 3 nitrogen and oxygen atoms in total. The lowest BCUT2D eigenvalue weighted by Gasteiger charge is -2.19. The van der Waals surface area contributed by atoms with E-state index in [1.165, 1.54) is 0 Å². The molecule has 0 bridgehead atoms. The van der Waals surface area contributed by atoms with Crippen LogP contribution in [-0.4, -0.2) is 23.3 Å². The van der Waals surface area contributed by atoms with Gasteiger partial charge in [-0.25, -0.2) is 0 Å². The molecule has 12 heavy (non-hydrogen) atoms. The zero-order chi connectivity index (χ0) is 8.97. The van der Waals surface area contributed by atoms with Gasteiger partial charge in [-0.05, 0) is 24.6 Å². The third kappa shape index (κ3) is 1.81. The molecule has 1 amide bonds. The summed E-state index contributed by atoms with van der Waals surface area (Å²) in [6, 6.07) is 3.93. The van der Waals surface area contributed by atoms with E-state index in [0.29, 0.717) is 0 Å². The number of pyridine rings is 1. The maximum Gasteiger partial charge on any atom is 0.209 e. The molecule has 1 aromatic rings. The minimum absolute atomic E-state index is 0.116. The molecule has 0 aromatic carbocycles. The minimum atomic E-state index is 0.116. The van der Waals surface area contributed by atoms with E-state index in [2.05, 4.69) is 4.98 Å². The Hall–Kier alpha value is -1.38. The average Bonchev–Trinajstić information content (AvgIpc) is 2.17. The molecule has 1 heterocycles. The van der Waals surface area contributed by atoms with E-state index in [0.717, 1.165) is 12.0 Å². The van der Waals surface area contributed by atoms with Gasteiger partial charge in [-0.15, -0.1) is 0 Å². The smallest absolute Gasteiger partial charge is 0.209 e. The number of carbonyl (C=O) groups is 1. The first-order valence-electron chi connectivity index (χ1n) is 3.83. The molecule has 1 atom stereocenters. The van der Waals surface area contributed by atoms with Crippen molar-refractivity contribution in [3.05, 3.63) is 30.1 Å². The van der Waals surface area contributed by atoms with Gasteiger partial charge in [0.05, 0.1) is 6.04 Å². The summed E-state index contributed by atoms with van der Waals surface area (Å²) in [6.07, 6.45) is 4.28. The van der Waals surface area contributed by atoms with E-state index in [9.17, 15) is 4.79 Å². The number of rotatable bonds is 3. The van der Waals surface area contributed by atoms with Gasteiger partial charge in [0, 0.05) is 19.4 Å². The van der Waals surface area contributed by atoms with Gasteiger partial charge < -0.3 is 4.90 Å². The van der Waals surface area contributed by atoms with Crippen LogP contribution in [0, 0.1) is 0 Å². The molecule has 0 spiro atoms. The molecule has 0 fully saturated rings. The second kappa shape index (κ2) is 3.85. The van der Waals surface area contributed by atoms with Gasteiger partial charge in [0.15, 0.2) is 0 Å². The Kier molecular flexibility index (Phi) is 2.80. The molecule has 0 saturated heterocycles. The third-order valence-corrected chi connectivity index (χ3v) is 1.97. The maximum atomic E-state index is 10.4. The van der Waals surface area contributed by atoms with E-state index in [1.807, 2.05) is 19.1 Å². The monoisotopic (exact) mass is 164 g/mol. The lowest BCUT2D eigenvalue weighted by atomic mass is 10.1. The number of hydrogen-bond acceptors (Lipinski definition) is 2. The van der Waals surface area contributed by atoms with Gasteiger partial charge in [0.25, 0.3) is 0 Å². The second-order valence-corrected chi connectivity index (χ2v) is 2.73. The van der Waals surface area contributed by atoms with Gasteiger partial charge in [0.1, 0.15) is 0 Å². The van der Waals surface area contributed by atoms with Gasteiger partial charge >= 0.3 is 0 Å². The van der Waals surface area contributed by atoms with Crippen molar-refractivity contribution in [2.24, 2.45) is 0 Å². The zero-order valence-electron chi connectivity index (χ0n) is 7.27. The van der Waals surface area contributed by atoms with Crippen LogP contribution < -0.4 is 0 Å². The van der Waals surface area contributed by atoms with Crippen LogP contribution in [0.3, 0.4) is 0 Å². The average molecular weight is 164 g/mol. The molecular weight excluding hydrogens is 152 g/mol. The maximum absolute atomic E-state index is 10.4. The number of hydrogen-bond donors (Lipinski definition) is 0. The van der Waals surface area contributed by atoms with Crippen molar-refractivity contribution >= 4 is 6.41 Å². The van der Waals surface area contributed by atoms with E-state index in [4.69, 9.17) is 0 Å². The molecule has 1 rings (SSSR count). The first-order valence-corrected chi connectivity index (χ1v) is 3.83. The van der Waals surface area contributed by atoms with Crippen LogP contribution in [0.15, 0.2) is 24.5 Å². The summed E-state index contributed by atoms with van der Waals surface area (Å²) in [4.78, 5) is 16.0. The summed E-state index contributed by atoms with van der Waals surface area (Å²) in [6.45, 7) is 1.98. The van der Waals surface area contributed by atoms with Crippen molar-refractivity contribution in [1.29, 1.82) is 0 Å². The Labute approximate surface area is 72.0 Å². The SMILES string of the molecule is CC(c1ccncc1)N(C)C=O. The first kappa shape index (κ1) is 8.71. The number of aromatic nitrogens is 1. The van der Waals surface area contributed by atoms with Crippen LogP contribution in [0.5, 0.6) is 0 Å². The van der Waals surface area contributed by atoms with Gasteiger partial charge in [0.2, 0.25) is 6.41 Å². The highest BCUT2D eigenvalue weighted by Crippen LogP contribution is 2.15. The highest BCUT2D eigenvalue weighted by atomic mass is 16.1. The fourth-order valence-corrected chi connectivity index (χ4v) is 0.968. The summed E-state index contributed by atoms with van der Waals surface area (Å²) in [5.74, 6) is 0. The fraction of sp³-hybridized carbons (Fsp3) is 0.333. The van der Waals surface area contributed by atoms with Crippen LogP contribution in [0.4, 0.5) is 0 Å². The van der Waals surface area contributed by atoms with Crippen LogP contribution >= 0.6 is 0 Å². The van der Waals surface area contributed by atoms with Crippen molar-refractivity contribution in [3.8, 4) is 0 Å². The number of nitrogens with zero attached hydrogens (tertiary/aromatic N) is 2. The number of carbonyl (C=O) groups excluding carboxylic acids is 1. The highest BCUT2D eigenvalue weighted by Gasteiger charge is 2.07. The van der Waals surface area contributed by atoms with Crippen molar-refractivity contribution in [1.82, 2.24) is 9.88 Å². The zero-order valence-corrected chi connectivity index (χ0v) is 7.27. The molecule has 0 saturated carbocycles. The second-order valence-electron chi connectivity index (χ2n) is 2.73. The number of amides is 1. The molecule has 1 aromatic heterocycles. The van der Waals surface area contributed by atoms with Crippen LogP contribution in [-0.2, 0) is 4.79 Å². The summed E-state index contributed by atoms with van der Waals surface area (Å²) in [5.41, 5.74) is 1.10. The topological polar surface area (TPSA) is 33.2 Å². The summed E-state index contributed by atoms with van der Waals surface area (Å²) in [5, 5.41) is 0. The Bertz CT molecular complexity index is 248. The fourth-order valence-electron chi connectivity index (χ4n) is 0.968. The predicted molar refractivity (Wildman–Crippen MR) is 46.5 cm³/mol. The molecule has 0 aliphatic carbocycles. The van der Waals surface area contributed by atoms with Crippen LogP contribution in [0.25, 0.3) is 0 Å². The first-order chi connectivity index (χ1) is 5.75. The normalized spacial score (nSPS) is 12.2. The van der Waals surface area contributed by atoms with Gasteiger partial charge in [-0.3, -0.25) is 9.78 Å². The van der Waals surface area contributed by atoms with E-state index in [1.54, 1.807) is 24.3 Å². The van der Waals surface area contributed by atoms with Gasteiger partial charge in [-0.2, -0.15) is 0 Å². The molecular formula is C9H12N2O. The van der Waals surface area contributed by atoms with Crippen molar-refractivity contribution in [3.63, 3.8) is 0 Å². The summed E-state index contributed by atoms with van der Waals surface area (Å²) in [7, 11) is 1.76. The van der Waals surface area contributed by atoms with Crippen molar-refractivity contribution in [2.75, 3.05) is 7.05 Å². The minimum Gasteiger partial charge on any atom is -0.342 e. The van der Waals surface area contributed by atoms with E-state index in [-0.39, 0.29) is 6.04 Å². The molecule has 0 N–H and O–H groups in total. The lowest BCUT2D eigenvalue weighted by molar-refractivity contribution is -0.118. The Morgan fingerprint density at radius 3 is 2.58 bits per heavy atom. The molecule has 0 radical (unpaired) electrons. The predicted octanol–water partition coefficient (Wildman–Crippen LogP) is 1.23. The van der Waals surface area contributed by atoms with Gasteiger partial charge in [-0.1, -0.05) is 0 Å². The van der Waals surface area contributed by atoms with Crippen molar-refractivity contribution < 1.29 is 4.79 Å². The third-order valence-electron chi connectivity index (χ3n) is 1.97. The lowest BCUT2D eigenvalue weighted by Crippen LogP contribution is -2.20. The highest BCUT2D eigenvalue weighted by molar-refractivity contribution is 5.47.